The van der Waals surface area contributed by atoms with Gasteiger partial charge in [-0.25, -0.2) is 0 Å². The molecule has 1 rings (SSSR count). The van der Waals surface area contributed by atoms with Crippen molar-refractivity contribution in [3.63, 3.8) is 0 Å². The molecule has 0 amide bonds. The molecular formula is C12H20N2O3. The lowest BCUT2D eigenvalue weighted by atomic mass is 9.82. The van der Waals surface area contributed by atoms with Crippen LogP contribution in [0.3, 0.4) is 0 Å². The lowest BCUT2D eigenvalue weighted by molar-refractivity contribution is -0.151. The van der Waals surface area contributed by atoms with Crippen molar-refractivity contribution >= 4 is 5.97 Å². The van der Waals surface area contributed by atoms with Crippen LogP contribution in [0.1, 0.15) is 52.3 Å². The SMILES string of the molecule is CCOC(=O)C(CC)(CC)c1nc(CC)no1. The normalized spacial score (nSPS) is 11.5. The molecule has 0 aliphatic heterocycles. The van der Waals surface area contributed by atoms with E-state index in [2.05, 4.69) is 10.1 Å². The molecule has 0 radical (unpaired) electrons. The first-order valence-electron chi connectivity index (χ1n) is 6.14. The van der Waals surface area contributed by atoms with Gasteiger partial charge in [-0.15, -0.1) is 0 Å². The quantitative estimate of drug-likeness (QED) is 0.713. The Hall–Kier alpha value is -1.39. The summed E-state index contributed by atoms with van der Waals surface area (Å²) in [7, 11) is 0. The summed E-state index contributed by atoms with van der Waals surface area (Å²) in [6, 6.07) is 0. The fraction of sp³-hybridized carbons (Fsp3) is 0.750. The number of nitrogens with zero attached hydrogens (tertiary/aromatic N) is 2. The standard InChI is InChI=1S/C12H20N2O3/c1-5-9-13-10(17-14-9)12(6-2,7-3)11(15)16-8-4/h5-8H2,1-4H3. The lowest BCUT2D eigenvalue weighted by Crippen LogP contribution is -2.36. The largest absolute Gasteiger partial charge is 0.465 e. The second kappa shape index (κ2) is 5.80. The first kappa shape index (κ1) is 13.7. The van der Waals surface area contributed by atoms with Gasteiger partial charge in [-0.3, -0.25) is 4.79 Å². The number of esters is 1. The first-order valence-corrected chi connectivity index (χ1v) is 6.14. The molecule has 17 heavy (non-hydrogen) atoms. The molecule has 0 saturated carbocycles. The van der Waals surface area contributed by atoms with Crippen LogP contribution in [0.25, 0.3) is 0 Å². The van der Waals surface area contributed by atoms with Crippen molar-refractivity contribution in [2.24, 2.45) is 0 Å². The second-order valence-electron chi connectivity index (χ2n) is 3.88. The van der Waals surface area contributed by atoms with Gasteiger partial charge in [0.15, 0.2) is 5.82 Å². The average Bonchev–Trinajstić information content (AvgIpc) is 2.81. The number of ether oxygens (including phenoxy) is 1. The monoisotopic (exact) mass is 240 g/mol. The molecule has 5 nitrogen and oxygen atoms in total. The van der Waals surface area contributed by atoms with Crippen LogP contribution >= 0.6 is 0 Å². The third kappa shape index (κ3) is 2.48. The van der Waals surface area contributed by atoms with Crippen molar-refractivity contribution in [3.05, 3.63) is 11.7 Å². The van der Waals surface area contributed by atoms with Crippen LogP contribution in [0, 0.1) is 0 Å². The van der Waals surface area contributed by atoms with Crippen LogP contribution in [0.5, 0.6) is 0 Å². The molecule has 0 aromatic carbocycles. The highest BCUT2D eigenvalue weighted by Crippen LogP contribution is 2.32. The first-order chi connectivity index (χ1) is 8.14. The van der Waals surface area contributed by atoms with Gasteiger partial charge in [0.25, 0.3) is 0 Å². The predicted octanol–water partition coefficient (Wildman–Crippen LogP) is 2.25. The van der Waals surface area contributed by atoms with Crippen LogP contribution in [-0.4, -0.2) is 22.7 Å². The Morgan fingerprint density at radius 3 is 2.35 bits per heavy atom. The highest BCUT2D eigenvalue weighted by molar-refractivity contribution is 5.81. The molecule has 0 saturated heterocycles. The van der Waals surface area contributed by atoms with E-state index in [1.165, 1.54) is 0 Å². The highest BCUT2D eigenvalue weighted by atomic mass is 16.5. The van der Waals surface area contributed by atoms with Crippen molar-refractivity contribution in [2.45, 2.75) is 52.4 Å². The summed E-state index contributed by atoms with van der Waals surface area (Å²) in [5, 5.41) is 3.85. The van der Waals surface area contributed by atoms with E-state index in [-0.39, 0.29) is 5.97 Å². The third-order valence-electron chi connectivity index (χ3n) is 3.07. The van der Waals surface area contributed by atoms with Crippen molar-refractivity contribution < 1.29 is 14.1 Å². The minimum absolute atomic E-state index is 0.281. The van der Waals surface area contributed by atoms with E-state index in [9.17, 15) is 4.79 Å². The van der Waals surface area contributed by atoms with E-state index in [1.54, 1.807) is 6.92 Å². The summed E-state index contributed by atoms with van der Waals surface area (Å²) in [4.78, 5) is 16.3. The molecule has 1 aromatic heterocycles. The van der Waals surface area contributed by atoms with Gasteiger partial charge in [0, 0.05) is 6.42 Å². The van der Waals surface area contributed by atoms with Crippen LogP contribution in [0.15, 0.2) is 4.52 Å². The minimum Gasteiger partial charge on any atom is -0.465 e. The Morgan fingerprint density at radius 1 is 1.29 bits per heavy atom. The highest BCUT2D eigenvalue weighted by Gasteiger charge is 2.43. The number of rotatable bonds is 6. The molecule has 0 aliphatic rings. The van der Waals surface area contributed by atoms with E-state index in [0.29, 0.717) is 37.6 Å². The Kier molecular flexibility index (Phi) is 4.66. The Labute approximate surface area is 102 Å². The number of aryl methyl sites for hydroxylation is 1. The van der Waals surface area contributed by atoms with Crippen molar-refractivity contribution in [3.8, 4) is 0 Å². The van der Waals surface area contributed by atoms with E-state index in [0.717, 1.165) is 0 Å². The maximum absolute atomic E-state index is 12.1. The van der Waals surface area contributed by atoms with E-state index in [4.69, 9.17) is 9.26 Å². The second-order valence-corrected chi connectivity index (χ2v) is 3.88. The zero-order valence-corrected chi connectivity index (χ0v) is 10.9. The molecule has 0 fully saturated rings. The summed E-state index contributed by atoms with van der Waals surface area (Å²) >= 11 is 0. The number of hydrogen-bond donors (Lipinski definition) is 0. The fourth-order valence-electron chi connectivity index (χ4n) is 1.79. The smallest absolute Gasteiger partial charge is 0.321 e. The minimum atomic E-state index is -0.795. The molecule has 1 heterocycles. The van der Waals surface area contributed by atoms with Gasteiger partial charge in [0.2, 0.25) is 5.89 Å². The van der Waals surface area contributed by atoms with Gasteiger partial charge in [-0.05, 0) is 19.8 Å². The molecule has 0 unspecified atom stereocenters. The molecule has 0 atom stereocenters. The van der Waals surface area contributed by atoms with Crippen molar-refractivity contribution in [2.75, 3.05) is 6.61 Å². The number of aromatic nitrogens is 2. The molecular weight excluding hydrogens is 220 g/mol. The predicted molar refractivity (Wildman–Crippen MR) is 62.6 cm³/mol. The summed E-state index contributed by atoms with van der Waals surface area (Å²) in [6.07, 6.45) is 1.87. The third-order valence-corrected chi connectivity index (χ3v) is 3.07. The maximum Gasteiger partial charge on any atom is 0.321 e. The molecule has 0 aliphatic carbocycles. The summed E-state index contributed by atoms with van der Waals surface area (Å²) < 4.78 is 10.3. The summed E-state index contributed by atoms with van der Waals surface area (Å²) in [6.45, 7) is 7.94. The number of carbonyl (C=O) groups excluding carboxylic acids is 1. The molecule has 96 valence electrons. The van der Waals surface area contributed by atoms with Crippen LogP contribution < -0.4 is 0 Å². The molecule has 5 heteroatoms. The zero-order chi connectivity index (χ0) is 12.9. The Balaban J connectivity index is 3.09. The fourth-order valence-corrected chi connectivity index (χ4v) is 1.79. The van der Waals surface area contributed by atoms with Gasteiger partial charge < -0.3 is 9.26 Å². The van der Waals surface area contributed by atoms with Gasteiger partial charge in [0.05, 0.1) is 6.61 Å². The summed E-state index contributed by atoms with van der Waals surface area (Å²) in [5.74, 6) is 0.713. The Morgan fingerprint density at radius 2 is 1.94 bits per heavy atom. The summed E-state index contributed by atoms with van der Waals surface area (Å²) in [5.41, 5.74) is -0.795. The number of carbonyl (C=O) groups is 1. The maximum atomic E-state index is 12.1. The lowest BCUT2D eigenvalue weighted by Gasteiger charge is -2.24. The van der Waals surface area contributed by atoms with Crippen LogP contribution in [0.2, 0.25) is 0 Å². The van der Waals surface area contributed by atoms with Gasteiger partial charge in [0.1, 0.15) is 5.41 Å². The Bertz CT molecular complexity index is 370. The van der Waals surface area contributed by atoms with Gasteiger partial charge >= 0.3 is 5.97 Å². The van der Waals surface area contributed by atoms with Crippen molar-refractivity contribution in [1.82, 2.24) is 10.1 Å². The zero-order valence-electron chi connectivity index (χ0n) is 10.9. The topological polar surface area (TPSA) is 65.2 Å². The van der Waals surface area contributed by atoms with E-state index < -0.39 is 5.41 Å². The average molecular weight is 240 g/mol. The molecule has 0 N–H and O–H groups in total. The number of hydrogen-bond acceptors (Lipinski definition) is 5. The molecule has 1 aromatic rings. The van der Waals surface area contributed by atoms with E-state index >= 15 is 0 Å². The van der Waals surface area contributed by atoms with Gasteiger partial charge in [-0.1, -0.05) is 25.9 Å². The van der Waals surface area contributed by atoms with Crippen LogP contribution in [-0.2, 0) is 21.4 Å². The van der Waals surface area contributed by atoms with Crippen molar-refractivity contribution in [1.29, 1.82) is 0 Å². The van der Waals surface area contributed by atoms with Gasteiger partial charge in [-0.2, -0.15) is 4.98 Å². The van der Waals surface area contributed by atoms with E-state index in [1.807, 2.05) is 20.8 Å². The molecule has 0 bridgehead atoms. The van der Waals surface area contributed by atoms with Crippen LogP contribution in [0.4, 0.5) is 0 Å². The molecule has 0 spiro atoms.